The molecule has 2 atom stereocenters. The maximum absolute atomic E-state index is 13.9. The Morgan fingerprint density at radius 3 is 2.32 bits per heavy atom. The van der Waals surface area contributed by atoms with Crippen LogP contribution in [0.25, 0.3) is 22.0 Å². The van der Waals surface area contributed by atoms with E-state index < -0.39 is 17.7 Å². The van der Waals surface area contributed by atoms with E-state index in [1.165, 1.54) is 36.1 Å². The van der Waals surface area contributed by atoms with Crippen molar-refractivity contribution in [1.82, 2.24) is 20.5 Å². The molecule has 1 unspecified atom stereocenters. The van der Waals surface area contributed by atoms with Gasteiger partial charge in [-0.2, -0.15) is 0 Å². The molecule has 334 valence electrons. The lowest BCUT2D eigenvalue weighted by Gasteiger charge is -2.33. The number of nitrogens with zero attached hydrogens (tertiary/aromatic N) is 1. The average molecular weight is 893 g/mol. The van der Waals surface area contributed by atoms with E-state index in [0.717, 1.165) is 54.0 Å². The van der Waals surface area contributed by atoms with E-state index in [1.54, 1.807) is 66.7 Å². The number of hydrogen-bond donors (Lipinski definition) is 6. The highest BCUT2D eigenvalue weighted by molar-refractivity contribution is 7.10. The fourth-order valence-electron chi connectivity index (χ4n) is 8.37. The number of pyridine rings is 1. The number of phenolic OH excluding ortho intramolecular Hbond substituents is 1. The van der Waals surface area contributed by atoms with Crippen molar-refractivity contribution in [3.63, 3.8) is 0 Å². The SMILES string of the molecule is COc1cc(C(=O)NCc2cc(-c3ccc(C(O)(C(=O)OCC4CCN(Cc5ccccc5)CC4)c4ccccc4)cc3)cs2)ccc1CNC[C@H](O)c1ccc(O)c2[nH]c(=O)ccc12. The second-order valence-electron chi connectivity index (χ2n) is 16.4. The van der Waals surface area contributed by atoms with E-state index in [9.17, 15) is 29.7 Å². The van der Waals surface area contributed by atoms with Crippen LogP contribution >= 0.6 is 11.3 Å². The molecule has 0 aliphatic carbocycles. The lowest BCUT2D eigenvalue weighted by atomic mass is 9.85. The topological polar surface area (TPSA) is 173 Å². The first-order valence-corrected chi connectivity index (χ1v) is 22.6. The first kappa shape index (κ1) is 45.0. The van der Waals surface area contributed by atoms with Gasteiger partial charge >= 0.3 is 5.97 Å². The lowest BCUT2D eigenvalue weighted by Crippen LogP contribution is -2.40. The Bertz CT molecular complexity index is 2790. The van der Waals surface area contributed by atoms with E-state index >= 15 is 0 Å². The van der Waals surface area contributed by atoms with E-state index in [4.69, 9.17) is 9.47 Å². The van der Waals surface area contributed by atoms with Gasteiger partial charge in [0.15, 0.2) is 0 Å². The third-order valence-electron chi connectivity index (χ3n) is 12.1. The predicted octanol–water partition coefficient (Wildman–Crippen LogP) is 7.42. The third kappa shape index (κ3) is 10.5. The summed E-state index contributed by atoms with van der Waals surface area (Å²) in [6.45, 7) is 3.82. The number of carbonyl (C=O) groups is 2. The number of methoxy groups -OCH3 is 1. The molecule has 12 nitrogen and oxygen atoms in total. The third-order valence-corrected chi connectivity index (χ3v) is 13.0. The van der Waals surface area contributed by atoms with E-state index in [-0.39, 0.29) is 41.8 Å². The second kappa shape index (κ2) is 20.5. The number of likely N-dealkylation sites (tertiary alicyclic amines) is 1. The molecule has 1 fully saturated rings. The molecule has 6 N–H and O–H groups in total. The summed E-state index contributed by atoms with van der Waals surface area (Å²) in [5.74, 6) is -0.316. The van der Waals surface area contributed by atoms with E-state index in [2.05, 4.69) is 44.8 Å². The van der Waals surface area contributed by atoms with Crippen molar-refractivity contribution in [1.29, 1.82) is 0 Å². The number of esters is 1. The van der Waals surface area contributed by atoms with Gasteiger partial charge in [0, 0.05) is 47.1 Å². The van der Waals surface area contributed by atoms with Crippen molar-refractivity contribution in [2.75, 3.05) is 33.4 Å². The van der Waals surface area contributed by atoms with Crippen LogP contribution in [0, 0.1) is 5.92 Å². The van der Waals surface area contributed by atoms with E-state index in [1.807, 2.05) is 35.7 Å². The van der Waals surface area contributed by atoms with Gasteiger partial charge in [-0.05, 0) is 101 Å². The Kier molecular flexibility index (Phi) is 14.2. The van der Waals surface area contributed by atoms with Crippen molar-refractivity contribution >= 4 is 34.1 Å². The number of aromatic amines is 1. The molecule has 1 amide bonds. The fourth-order valence-corrected chi connectivity index (χ4v) is 9.20. The number of phenols is 1. The highest BCUT2D eigenvalue weighted by Gasteiger charge is 2.42. The Balaban J connectivity index is 0.849. The monoisotopic (exact) mass is 892 g/mol. The quantitative estimate of drug-likeness (QED) is 0.0506. The van der Waals surface area contributed by atoms with Gasteiger partial charge in [-0.15, -0.1) is 11.3 Å². The van der Waals surface area contributed by atoms with Crippen molar-refractivity contribution < 1.29 is 34.4 Å². The second-order valence-corrected chi connectivity index (χ2v) is 17.4. The molecule has 5 aromatic carbocycles. The number of benzene rings is 5. The molecule has 1 saturated heterocycles. The number of amides is 1. The predicted molar refractivity (Wildman–Crippen MR) is 252 cm³/mol. The van der Waals surface area contributed by atoms with Crippen LogP contribution in [0.1, 0.15) is 62.0 Å². The summed E-state index contributed by atoms with van der Waals surface area (Å²) in [6.07, 6.45) is 0.895. The molecule has 1 aliphatic rings. The van der Waals surface area contributed by atoms with Crippen LogP contribution in [0.5, 0.6) is 11.5 Å². The molecule has 65 heavy (non-hydrogen) atoms. The highest BCUT2D eigenvalue weighted by atomic mass is 32.1. The zero-order valence-corrected chi connectivity index (χ0v) is 36.9. The maximum Gasteiger partial charge on any atom is 0.347 e. The number of aliphatic hydroxyl groups excluding tert-OH is 1. The van der Waals surface area contributed by atoms with Gasteiger partial charge < -0.3 is 40.4 Å². The minimum atomic E-state index is -1.99. The molecule has 2 aromatic heterocycles. The normalized spacial score (nSPS) is 14.7. The van der Waals surface area contributed by atoms with Crippen LogP contribution in [-0.4, -0.2) is 70.4 Å². The standard InChI is InChI=1S/C52H52N4O8S/c1-63-47-27-37(12-13-38(47)28-53-30-46(58)43-18-20-45(57)49-44(43)19-21-48(59)55-49)50(60)54-29-42-26-39(33-65-42)36-14-16-41(17-15-36)52(62,40-10-6-3-7-11-40)51(61)64-32-35-22-24-56(25-23-35)31-34-8-4-2-5-9-34/h2-21,26-27,33,35,46,53,57-58,62H,22-25,28-32H2,1H3,(H,54,60)(H,55,59)/t46-,52?/m0/s1. The zero-order chi connectivity index (χ0) is 45.3. The Morgan fingerprint density at radius 1 is 0.862 bits per heavy atom. The van der Waals surface area contributed by atoms with Crippen LogP contribution in [0.3, 0.4) is 0 Å². The van der Waals surface area contributed by atoms with E-state index in [0.29, 0.717) is 46.5 Å². The van der Waals surface area contributed by atoms with Crippen molar-refractivity contribution in [3.8, 4) is 22.6 Å². The summed E-state index contributed by atoms with van der Waals surface area (Å²) < 4.78 is 11.5. The molecule has 3 heterocycles. The van der Waals surface area contributed by atoms with Crippen LogP contribution < -0.4 is 20.9 Å². The summed E-state index contributed by atoms with van der Waals surface area (Å²) in [4.78, 5) is 44.9. The van der Waals surface area contributed by atoms with Gasteiger partial charge in [-0.3, -0.25) is 14.5 Å². The number of ether oxygens (including phenoxy) is 2. The van der Waals surface area contributed by atoms with Crippen LogP contribution in [0.2, 0.25) is 0 Å². The molecule has 0 spiro atoms. The van der Waals surface area contributed by atoms with Gasteiger partial charge in [0.2, 0.25) is 11.2 Å². The number of aromatic hydroxyl groups is 1. The summed E-state index contributed by atoms with van der Waals surface area (Å²) >= 11 is 1.51. The summed E-state index contributed by atoms with van der Waals surface area (Å²) in [6, 6.07) is 39.8. The minimum Gasteiger partial charge on any atom is -0.506 e. The first-order valence-electron chi connectivity index (χ1n) is 21.7. The number of aromatic nitrogens is 1. The van der Waals surface area contributed by atoms with Crippen molar-refractivity contribution in [2.24, 2.45) is 5.92 Å². The fraction of sp³-hybridized carbons (Fsp3) is 0.250. The number of piperidine rings is 1. The molecule has 13 heteroatoms. The van der Waals surface area contributed by atoms with Crippen LogP contribution in [0.15, 0.2) is 144 Å². The molecule has 7 aromatic rings. The molecule has 0 saturated carbocycles. The number of nitrogens with one attached hydrogen (secondary N) is 3. The van der Waals surface area contributed by atoms with Crippen molar-refractivity contribution in [3.05, 3.63) is 187 Å². The van der Waals surface area contributed by atoms with Crippen LogP contribution in [-0.2, 0) is 34.8 Å². The molecule has 0 bridgehead atoms. The number of fused-ring (bicyclic) bond motifs is 1. The number of H-pyrrole nitrogens is 1. The zero-order valence-electron chi connectivity index (χ0n) is 36.0. The largest absolute Gasteiger partial charge is 0.506 e. The molecular weight excluding hydrogens is 841 g/mol. The molecule has 1 aliphatic heterocycles. The Morgan fingerprint density at radius 2 is 1.58 bits per heavy atom. The van der Waals surface area contributed by atoms with Gasteiger partial charge in [0.25, 0.3) is 5.91 Å². The lowest BCUT2D eigenvalue weighted by molar-refractivity contribution is -0.164. The van der Waals surface area contributed by atoms with Crippen LogP contribution in [0.4, 0.5) is 0 Å². The van der Waals surface area contributed by atoms with Gasteiger partial charge in [-0.25, -0.2) is 4.79 Å². The smallest absolute Gasteiger partial charge is 0.347 e. The number of thiophene rings is 1. The summed E-state index contributed by atoms with van der Waals surface area (Å²) in [5.41, 5.74) is 3.65. The highest BCUT2D eigenvalue weighted by Crippen LogP contribution is 2.35. The Labute approximate surface area is 381 Å². The minimum absolute atomic E-state index is 0.0778. The van der Waals surface area contributed by atoms with Gasteiger partial charge in [0.1, 0.15) is 11.5 Å². The number of rotatable bonds is 17. The maximum atomic E-state index is 13.9. The number of carbonyl (C=O) groups excluding carboxylic acids is 2. The average Bonchev–Trinajstić information content (AvgIpc) is 3.83. The first-order chi connectivity index (χ1) is 31.6. The number of aliphatic hydroxyl groups is 2. The van der Waals surface area contributed by atoms with Gasteiger partial charge in [0.05, 0.1) is 31.9 Å². The van der Waals surface area contributed by atoms with Gasteiger partial charge in [-0.1, -0.05) is 97.1 Å². The molecule has 0 radical (unpaired) electrons. The number of hydrogen-bond acceptors (Lipinski definition) is 11. The summed E-state index contributed by atoms with van der Waals surface area (Å²) in [5, 5.41) is 42.1. The molecule has 8 rings (SSSR count). The molecular formula is C52H52N4O8S. The summed E-state index contributed by atoms with van der Waals surface area (Å²) in [7, 11) is 1.53. The Hall–Kier alpha value is -6.61. The van der Waals surface area contributed by atoms with Crippen molar-refractivity contribution in [2.45, 2.75) is 44.2 Å².